The second-order valence-electron chi connectivity index (χ2n) is 4.43. The maximum Gasteiger partial charge on any atom is 0.219 e. The summed E-state index contributed by atoms with van der Waals surface area (Å²) < 4.78 is 5.48. The van der Waals surface area contributed by atoms with E-state index in [2.05, 4.69) is 45.8 Å². The molecule has 0 aliphatic heterocycles. The lowest BCUT2D eigenvalue weighted by Crippen LogP contribution is -2.23. The number of hydrogen-bond acceptors (Lipinski definition) is 4. The molecule has 4 heteroatoms. The van der Waals surface area contributed by atoms with E-state index in [-0.39, 0.29) is 0 Å². The molecule has 2 rings (SSSR count). The van der Waals surface area contributed by atoms with Gasteiger partial charge in [0.2, 0.25) is 5.88 Å². The summed E-state index contributed by atoms with van der Waals surface area (Å²) in [5, 5.41) is 0. The third-order valence-electron chi connectivity index (χ3n) is 3.02. The Kier molecular flexibility index (Phi) is 5.60. The molecule has 0 unspecified atom stereocenters. The van der Waals surface area contributed by atoms with Crippen molar-refractivity contribution in [3.05, 3.63) is 48.3 Å². The van der Waals surface area contributed by atoms with E-state index in [0.29, 0.717) is 12.5 Å². The number of aromatic nitrogens is 2. The molecule has 1 aromatic heterocycles. The third-order valence-corrected chi connectivity index (χ3v) is 3.02. The van der Waals surface area contributed by atoms with Crippen molar-refractivity contribution in [3.63, 3.8) is 0 Å². The van der Waals surface area contributed by atoms with Gasteiger partial charge in [-0.05, 0) is 19.4 Å². The lowest BCUT2D eigenvalue weighted by molar-refractivity contribution is 0.354. The SMILES string of the molecule is CC#CCOc1cc(N(CC)Cc2ccccc2)ncn1. The highest BCUT2D eigenvalue weighted by Crippen LogP contribution is 2.17. The molecular formula is C17H19N3O. The number of rotatable bonds is 6. The van der Waals surface area contributed by atoms with Crippen molar-refractivity contribution in [1.29, 1.82) is 0 Å². The van der Waals surface area contributed by atoms with Gasteiger partial charge < -0.3 is 9.64 Å². The molecule has 0 bridgehead atoms. The van der Waals surface area contributed by atoms with Crippen LogP contribution in [0.15, 0.2) is 42.7 Å². The summed E-state index contributed by atoms with van der Waals surface area (Å²) in [5.74, 6) is 7.05. The van der Waals surface area contributed by atoms with E-state index >= 15 is 0 Å². The van der Waals surface area contributed by atoms with Crippen molar-refractivity contribution in [2.24, 2.45) is 0 Å². The highest BCUT2D eigenvalue weighted by molar-refractivity contribution is 5.41. The Labute approximate surface area is 125 Å². The fraction of sp³-hybridized carbons (Fsp3) is 0.294. The quantitative estimate of drug-likeness (QED) is 0.763. The first-order chi connectivity index (χ1) is 10.3. The van der Waals surface area contributed by atoms with E-state index in [1.165, 1.54) is 11.9 Å². The molecule has 0 radical (unpaired) electrons. The number of nitrogens with zero attached hydrogens (tertiary/aromatic N) is 3. The van der Waals surface area contributed by atoms with Crippen molar-refractivity contribution in [2.45, 2.75) is 20.4 Å². The van der Waals surface area contributed by atoms with Crippen LogP contribution in [0.1, 0.15) is 19.4 Å². The van der Waals surface area contributed by atoms with Gasteiger partial charge in [0.25, 0.3) is 0 Å². The molecule has 1 heterocycles. The average Bonchev–Trinajstić information content (AvgIpc) is 2.54. The van der Waals surface area contributed by atoms with Gasteiger partial charge >= 0.3 is 0 Å². The zero-order valence-corrected chi connectivity index (χ0v) is 12.4. The Morgan fingerprint density at radius 3 is 2.71 bits per heavy atom. The minimum atomic E-state index is 0.345. The molecule has 108 valence electrons. The van der Waals surface area contributed by atoms with Crippen LogP contribution in [-0.4, -0.2) is 23.1 Å². The van der Waals surface area contributed by atoms with Crippen molar-refractivity contribution >= 4 is 5.82 Å². The van der Waals surface area contributed by atoms with Gasteiger partial charge in [-0.1, -0.05) is 36.3 Å². The summed E-state index contributed by atoms with van der Waals surface area (Å²) in [7, 11) is 0. The van der Waals surface area contributed by atoms with Crippen molar-refractivity contribution in [2.75, 3.05) is 18.1 Å². The summed E-state index contributed by atoms with van der Waals surface area (Å²) in [6.07, 6.45) is 1.53. The monoisotopic (exact) mass is 281 g/mol. The zero-order chi connectivity index (χ0) is 14.9. The summed E-state index contributed by atoms with van der Waals surface area (Å²) >= 11 is 0. The van der Waals surface area contributed by atoms with Crippen LogP contribution in [0.4, 0.5) is 5.82 Å². The molecule has 0 spiro atoms. The van der Waals surface area contributed by atoms with E-state index in [1.807, 2.05) is 24.3 Å². The van der Waals surface area contributed by atoms with Gasteiger partial charge in [-0.25, -0.2) is 9.97 Å². The predicted octanol–water partition coefficient (Wildman–Crippen LogP) is 2.91. The second kappa shape index (κ2) is 7.91. The first-order valence-electron chi connectivity index (χ1n) is 6.96. The Morgan fingerprint density at radius 2 is 2.00 bits per heavy atom. The van der Waals surface area contributed by atoms with Crippen molar-refractivity contribution in [3.8, 4) is 17.7 Å². The highest BCUT2D eigenvalue weighted by Gasteiger charge is 2.08. The molecule has 0 aliphatic rings. The zero-order valence-electron chi connectivity index (χ0n) is 12.4. The molecule has 4 nitrogen and oxygen atoms in total. The van der Waals surface area contributed by atoms with Gasteiger partial charge in [-0.15, -0.1) is 5.92 Å². The Morgan fingerprint density at radius 1 is 1.19 bits per heavy atom. The molecular weight excluding hydrogens is 262 g/mol. The Hall–Kier alpha value is -2.54. The number of ether oxygens (including phenoxy) is 1. The van der Waals surface area contributed by atoms with E-state index in [4.69, 9.17) is 4.74 Å². The summed E-state index contributed by atoms with van der Waals surface area (Å²) in [6.45, 7) is 5.90. The summed E-state index contributed by atoms with van der Waals surface area (Å²) in [4.78, 5) is 10.6. The average molecular weight is 281 g/mol. The van der Waals surface area contributed by atoms with Crippen LogP contribution in [0.5, 0.6) is 5.88 Å². The lowest BCUT2D eigenvalue weighted by atomic mass is 10.2. The molecule has 0 fully saturated rings. The van der Waals surface area contributed by atoms with Crippen LogP contribution >= 0.6 is 0 Å². The van der Waals surface area contributed by atoms with E-state index in [1.54, 1.807) is 6.92 Å². The van der Waals surface area contributed by atoms with Gasteiger partial charge in [0.15, 0.2) is 6.61 Å². The van der Waals surface area contributed by atoms with Crippen molar-refractivity contribution in [1.82, 2.24) is 9.97 Å². The number of benzene rings is 1. The van der Waals surface area contributed by atoms with Gasteiger partial charge in [-0.3, -0.25) is 0 Å². The lowest BCUT2D eigenvalue weighted by Gasteiger charge is -2.22. The van der Waals surface area contributed by atoms with E-state index in [9.17, 15) is 0 Å². The van der Waals surface area contributed by atoms with Gasteiger partial charge in [-0.2, -0.15) is 0 Å². The standard InChI is InChI=1S/C17H19N3O/c1-3-5-11-21-17-12-16(18-14-19-17)20(4-2)13-15-9-7-6-8-10-15/h6-10,12,14H,4,11,13H2,1-2H3. The smallest absolute Gasteiger partial charge is 0.219 e. The second-order valence-corrected chi connectivity index (χ2v) is 4.43. The topological polar surface area (TPSA) is 38.2 Å². The fourth-order valence-electron chi connectivity index (χ4n) is 1.92. The molecule has 0 atom stereocenters. The molecule has 0 N–H and O–H groups in total. The van der Waals surface area contributed by atoms with Gasteiger partial charge in [0, 0.05) is 19.2 Å². The van der Waals surface area contributed by atoms with Crippen molar-refractivity contribution < 1.29 is 4.74 Å². The maximum absolute atomic E-state index is 5.48. The normalized spacial score (nSPS) is 9.62. The molecule has 1 aromatic carbocycles. The largest absolute Gasteiger partial charge is 0.464 e. The van der Waals surface area contributed by atoms with E-state index < -0.39 is 0 Å². The molecule has 0 aliphatic carbocycles. The maximum atomic E-state index is 5.48. The molecule has 0 saturated carbocycles. The number of anilines is 1. The Bertz CT molecular complexity index is 617. The third kappa shape index (κ3) is 4.50. The number of hydrogen-bond donors (Lipinski definition) is 0. The fourth-order valence-corrected chi connectivity index (χ4v) is 1.92. The minimum Gasteiger partial charge on any atom is -0.464 e. The van der Waals surface area contributed by atoms with Gasteiger partial charge in [0.05, 0.1) is 0 Å². The predicted molar refractivity (Wildman–Crippen MR) is 84.1 cm³/mol. The molecule has 0 amide bonds. The summed E-state index contributed by atoms with van der Waals surface area (Å²) in [6, 6.07) is 12.2. The first-order valence-corrected chi connectivity index (χ1v) is 6.96. The van der Waals surface area contributed by atoms with Crippen LogP contribution in [-0.2, 0) is 6.54 Å². The van der Waals surface area contributed by atoms with Gasteiger partial charge in [0.1, 0.15) is 12.1 Å². The summed E-state index contributed by atoms with van der Waals surface area (Å²) in [5.41, 5.74) is 1.25. The van der Waals surface area contributed by atoms with Crippen LogP contribution in [0, 0.1) is 11.8 Å². The van der Waals surface area contributed by atoms with Crippen LogP contribution in [0.2, 0.25) is 0 Å². The van der Waals surface area contributed by atoms with Crippen LogP contribution < -0.4 is 9.64 Å². The van der Waals surface area contributed by atoms with Crippen LogP contribution in [0.3, 0.4) is 0 Å². The molecule has 21 heavy (non-hydrogen) atoms. The first kappa shape index (κ1) is 14.9. The molecule has 2 aromatic rings. The molecule has 0 saturated heterocycles. The highest BCUT2D eigenvalue weighted by atomic mass is 16.5. The van der Waals surface area contributed by atoms with Crippen LogP contribution in [0.25, 0.3) is 0 Å². The van der Waals surface area contributed by atoms with E-state index in [0.717, 1.165) is 18.9 Å². The Balaban J connectivity index is 2.10. The minimum absolute atomic E-state index is 0.345.